The van der Waals surface area contributed by atoms with Gasteiger partial charge < -0.3 is 9.72 Å². The number of nitrogens with one attached hydrogen (secondary N) is 3. The molecule has 1 aliphatic rings. The number of morpholine rings is 1. The van der Waals surface area contributed by atoms with Crippen LogP contribution in [0.4, 0.5) is 4.39 Å². The normalized spacial score (nSPS) is 14.8. The van der Waals surface area contributed by atoms with Crippen molar-refractivity contribution in [2.75, 3.05) is 26.3 Å². The fourth-order valence-corrected chi connectivity index (χ4v) is 5.17. The number of amides is 2. The topological polar surface area (TPSA) is 121 Å². The summed E-state index contributed by atoms with van der Waals surface area (Å²) in [7, 11) is -3.76. The lowest BCUT2D eigenvalue weighted by Gasteiger charge is -2.26. The Kier molecular flexibility index (Phi) is 6.45. The Morgan fingerprint density at radius 2 is 1.88 bits per heavy atom. The number of nitrogens with zero attached hydrogens (tertiary/aromatic N) is 1. The van der Waals surface area contributed by atoms with Gasteiger partial charge in [-0.05, 0) is 48.9 Å². The number of ether oxygens (including phenoxy) is 1. The number of aromatic nitrogens is 1. The predicted octanol–water partition coefficient (Wildman–Crippen LogP) is 1.64. The molecule has 0 unspecified atom stereocenters. The fourth-order valence-electron chi connectivity index (χ4n) is 3.72. The molecule has 1 aromatic heterocycles. The molecule has 2 heterocycles. The molecule has 1 fully saturated rings. The summed E-state index contributed by atoms with van der Waals surface area (Å²) in [6.45, 7) is 2.89. The molecule has 0 bridgehead atoms. The second kappa shape index (κ2) is 9.30. The van der Waals surface area contributed by atoms with Gasteiger partial charge in [0.1, 0.15) is 5.82 Å². The molecule has 1 aliphatic heterocycles. The second-order valence-electron chi connectivity index (χ2n) is 7.64. The van der Waals surface area contributed by atoms with E-state index >= 15 is 0 Å². The molecule has 1 saturated heterocycles. The maximum atomic E-state index is 13.6. The van der Waals surface area contributed by atoms with Crippen molar-refractivity contribution in [2.45, 2.75) is 18.2 Å². The molecule has 0 radical (unpaired) electrons. The minimum Gasteiger partial charge on any atom is -0.379 e. The summed E-state index contributed by atoms with van der Waals surface area (Å²) in [5.74, 6) is -1.58. The van der Waals surface area contributed by atoms with E-state index in [2.05, 4.69) is 15.8 Å². The second-order valence-corrected chi connectivity index (χ2v) is 9.58. The maximum Gasteiger partial charge on any atom is 0.269 e. The molecule has 0 aliphatic carbocycles. The van der Waals surface area contributed by atoms with Crippen molar-refractivity contribution < 1.29 is 27.1 Å². The van der Waals surface area contributed by atoms with Gasteiger partial charge in [0.15, 0.2) is 0 Å². The number of halogens is 1. The Labute approximate surface area is 189 Å². The molecule has 0 atom stereocenters. The molecule has 9 nitrogen and oxygen atoms in total. The average molecular weight is 475 g/mol. The van der Waals surface area contributed by atoms with Crippen molar-refractivity contribution >= 4 is 32.7 Å². The fraction of sp³-hybridized carbons (Fsp3) is 0.273. The smallest absolute Gasteiger partial charge is 0.269 e. The van der Waals surface area contributed by atoms with Crippen LogP contribution >= 0.6 is 0 Å². The molecule has 33 heavy (non-hydrogen) atoms. The third-order valence-electron chi connectivity index (χ3n) is 5.44. The summed E-state index contributed by atoms with van der Waals surface area (Å²) in [5.41, 5.74) is 6.75. The predicted molar refractivity (Wildman–Crippen MR) is 118 cm³/mol. The molecular formula is C22H23FN4O5S. The van der Waals surface area contributed by atoms with Gasteiger partial charge >= 0.3 is 0 Å². The van der Waals surface area contributed by atoms with Crippen LogP contribution in [0.3, 0.4) is 0 Å². The lowest BCUT2D eigenvalue weighted by Crippen LogP contribution is -2.42. The number of rotatable bonds is 5. The number of aryl methyl sites for hydroxylation is 1. The third kappa shape index (κ3) is 4.90. The Morgan fingerprint density at radius 3 is 2.64 bits per heavy atom. The molecule has 3 aromatic rings. The van der Waals surface area contributed by atoms with Crippen molar-refractivity contribution in [3.8, 4) is 0 Å². The summed E-state index contributed by atoms with van der Waals surface area (Å²) in [5, 5.41) is 0.593. The molecule has 4 rings (SSSR count). The van der Waals surface area contributed by atoms with Crippen molar-refractivity contribution in [3.63, 3.8) is 0 Å². The van der Waals surface area contributed by atoms with E-state index in [4.69, 9.17) is 4.74 Å². The summed E-state index contributed by atoms with van der Waals surface area (Å²) in [6, 6.07) is 9.87. The minimum atomic E-state index is -3.76. The van der Waals surface area contributed by atoms with E-state index in [-0.39, 0.29) is 30.0 Å². The highest BCUT2D eigenvalue weighted by molar-refractivity contribution is 7.89. The molecule has 2 amide bonds. The number of carbonyl (C=O) groups excluding carboxylic acids is 2. The van der Waals surface area contributed by atoms with Gasteiger partial charge in [-0.3, -0.25) is 20.4 Å². The first-order valence-electron chi connectivity index (χ1n) is 10.3. The largest absolute Gasteiger partial charge is 0.379 e. The number of benzene rings is 2. The number of aromatic amines is 1. The van der Waals surface area contributed by atoms with E-state index in [0.29, 0.717) is 29.7 Å². The lowest BCUT2D eigenvalue weighted by molar-refractivity contribution is -0.121. The number of sulfonamides is 1. The van der Waals surface area contributed by atoms with E-state index in [1.54, 1.807) is 13.0 Å². The molecular weight excluding hydrogens is 451 g/mol. The molecule has 3 N–H and O–H groups in total. The monoisotopic (exact) mass is 474 g/mol. The van der Waals surface area contributed by atoms with Gasteiger partial charge in [0.25, 0.3) is 5.91 Å². The summed E-state index contributed by atoms with van der Waals surface area (Å²) in [4.78, 5) is 28.0. The highest BCUT2D eigenvalue weighted by atomic mass is 32.2. The van der Waals surface area contributed by atoms with Crippen LogP contribution in [0.25, 0.3) is 10.9 Å². The Morgan fingerprint density at radius 1 is 1.12 bits per heavy atom. The number of H-pyrrole nitrogens is 1. The third-order valence-corrected chi connectivity index (χ3v) is 7.33. The Balaban J connectivity index is 1.42. The van der Waals surface area contributed by atoms with Crippen LogP contribution < -0.4 is 10.9 Å². The van der Waals surface area contributed by atoms with E-state index in [0.717, 1.165) is 5.69 Å². The highest BCUT2D eigenvalue weighted by Gasteiger charge is 2.27. The minimum absolute atomic E-state index is 0.0141. The number of hydrogen-bond acceptors (Lipinski definition) is 5. The molecule has 0 saturated carbocycles. The zero-order valence-corrected chi connectivity index (χ0v) is 18.7. The van der Waals surface area contributed by atoms with Gasteiger partial charge in [-0.15, -0.1) is 0 Å². The van der Waals surface area contributed by atoms with Gasteiger partial charge in [0.2, 0.25) is 15.9 Å². The van der Waals surface area contributed by atoms with Gasteiger partial charge in [-0.2, -0.15) is 4.31 Å². The lowest BCUT2D eigenvalue weighted by atomic mass is 10.1. The maximum absolute atomic E-state index is 13.6. The quantitative estimate of drug-likeness (QED) is 0.486. The number of fused-ring (bicyclic) bond motifs is 1. The van der Waals surface area contributed by atoms with Crippen LogP contribution in [0.2, 0.25) is 0 Å². The van der Waals surface area contributed by atoms with Crippen molar-refractivity contribution in [1.29, 1.82) is 0 Å². The van der Waals surface area contributed by atoms with E-state index in [1.165, 1.54) is 40.7 Å². The van der Waals surface area contributed by atoms with Gasteiger partial charge in [-0.1, -0.05) is 6.07 Å². The van der Waals surface area contributed by atoms with Crippen molar-refractivity contribution in [3.05, 3.63) is 65.1 Å². The molecule has 11 heteroatoms. The van der Waals surface area contributed by atoms with Crippen LogP contribution in [-0.2, 0) is 26.0 Å². The van der Waals surface area contributed by atoms with Crippen LogP contribution in [0, 0.1) is 12.7 Å². The summed E-state index contributed by atoms with van der Waals surface area (Å²) >= 11 is 0. The van der Waals surface area contributed by atoms with Crippen LogP contribution in [0.5, 0.6) is 0 Å². The zero-order valence-electron chi connectivity index (χ0n) is 17.9. The molecule has 174 valence electrons. The van der Waals surface area contributed by atoms with Crippen LogP contribution in [0.1, 0.15) is 21.6 Å². The number of hydrogen-bond donors (Lipinski definition) is 3. The van der Waals surface area contributed by atoms with Crippen LogP contribution in [-0.4, -0.2) is 55.8 Å². The van der Waals surface area contributed by atoms with Crippen molar-refractivity contribution in [1.82, 2.24) is 20.1 Å². The van der Waals surface area contributed by atoms with E-state index < -0.39 is 27.7 Å². The number of hydrazine groups is 1. The van der Waals surface area contributed by atoms with E-state index in [9.17, 15) is 22.4 Å². The van der Waals surface area contributed by atoms with Gasteiger partial charge in [0, 0.05) is 35.2 Å². The molecule has 2 aromatic carbocycles. The van der Waals surface area contributed by atoms with E-state index in [1.807, 2.05) is 0 Å². The van der Waals surface area contributed by atoms with Gasteiger partial charge in [-0.25, -0.2) is 12.8 Å². The molecule has 0 spiro atoms. The van der Waals surface area contributed by atoms with Crippen molar-refractivity contribution in [2.24, 2.45) is 0 Å². The SMILES string of the molecule is Cc1[nH]c2ccc(F)cc2c1CC(=O)NNC(=O)c1cccc(S(=O)(=O)N2CCOCC2)c1. The first kappa shape index (κ1) is 22.9. The summed E-state index contributed by atoms with van der Waals surface area (Å²) < 4.78 is 45.7. The summed E-state index contributed by atoms with van der Waals surface area (Å²) in [6.07, 6.45) is -0.0823. The number of carbonyl (C=O) groups is 2. The zero-order chi connectivity index (χ0) is 23.6. The first-order chi connectivity index (χ1) is 15.8. The van der Waals surface area contributed by atoms with Gasteiger partial charge in [0.05, 0.1) is 24.5 Å². The first-order valence-corrected chi connectivity index (χ1v) is 11.7. The Hall–Kier alpha value is -3.28. The van der Waals surface area contributed by atoms with Crippen LogP contribution in [0.15, 0.2) is 47.4 Å². The average Bonchev–Trinajstić information content (AvgIpc) is 3.12. The highest BCUT2D eigenvalue weighted by Crippen LogP contribution is 2.23. The Bertz CT molecular complexity index is 1320. The standard InChI is InChI=1S/C22H23FN4O5S/c1-14-18(19-12-16(23)5-6-20(19)24-14)13-21(28)25-26-22(29)15-3-2-4-17(11-15)33(30,31)27-7-9-32-10-8-27/h2-6,11-12,24H,7-10,13H2,1H3,(H,25,28)(H,26,29).